The van der Waals surface area contributed by atoms with Crippen molar-refractivity contribution >= 4 is 5.91 Å². The third kappa shape index (κ3) is 2.73. The van der Waals surface area contributed by atoms with Gasteiger partial charge in [0.05, 0.1) is 12.8 Å². The predicted molar refractivity (Wildman–Crippen MR) is 84.8 cm³/mol. The normalized spacial score (nSPS) is 10.4. The van der Waals surface area contributed by atoms with Gasteiger partial charge in [0.15, 0.2) is 0 Å². The number of methoxy groups -OCH3 is 1. The lowest BCUT2D eigenvalue weighted by Crippen LogP contribution is -2.36. The monoisotopic (exact) mass is 301 g/mol. The van der Waals surface area contributed by atoms with Crippen LogP contribution >= 0.6 is 0 Å². The summed E-state index contributed by atoms with van der Waals surface area (Å²) in [4.78, 5) is 24.0. The Kier molecular flexibility index (Phi) is 4.62. The number of carbonyl (C=O) groups excluding carboxylic acids is 1. The number of nitrogens with two attached hydrogens (primary N) is 1. The van der Waals surface area contributed by atoms with Crippen molar-refractivity contribution in [2.45, 2.75) is 20.4 Å². The van der Waals surface area contributed by atoms with Gasteiger partial charge in [-0.1, -0.05) is 0 Å². The minimum absolute atomic E-state index is 0.0262. The Morgan fingerprint density at radius 1 is 1.32 bits per heavy atom. The van der Waals surface area contributed by atoms with Crippen LogP contribution in [0.2, 0.25) is 0 Å². The summed E-state index contributed by atoms with van der Waals surface area (Å²) in [6.07, 6.45) is 0. The zero-order chi connectivity index (χ0) is 16.3. The number of aromatic nitrogens is 1. The molecule has 6 nitrogen and oxygen atoms in total. The Hall–Kier alpha value is -2.60. The summed E-state index contributed by atoms with van der Waals surface area (Å²) in [7, 11) is 1.62. The maximum atomic E-state index is 12.4. The van der Waals surface area contributed by atoms with E-state index in [1.165, 1.54) is 6.07 Å². The first-order valence-electron chi connectivity index (χ1n) is 6.93. The number of rotatable bonds is 4. The van der Waals surface area contributed by atoms with E-state index in [-0.39, 0.29) is 11.1 Å². The van der Waals surface area contributed by atoms with E-state index in [1.807, 2.05) is 37.5 Å². The Bertz CT molecular complexity index is 766. The van der Waals surface area contributed by atoms with E-state index >= 15 is 0 Å². The molecule has 1 aromatic carbocycles. The number of amides is 1. The average molecular weight is 301 g/mol. The molecular formula is C16H19N3O3. The predicted octanol–water partition coefficient (Wildman–Crippen LogP) is 1.46. The second-order valence-corrected chi connectivity index (χ2v) is 4.84. The van der Waals surface area contributed by atoms with Gasteiger partial charge in [-0.25, -0.2) is 5.84 Å². The molecule has 2 aromatic rings. The van der Waals surface area contributed by atoms with Crippen LogP contribution in [-0.2, 0) is 6.54 Å². The van der Waals surface area contributed by atoms with Crippen LogP contribution in [0.15, 0.2) is 35.1 Å². The van der Waals surface area contributed by atoms with Crippen LogP contribution in [0, 0.1) is 6.92 Å². The summed E-state index contributed by atoms with van der Waals surface area (Å²) in [5.41, 5.74) is 4.25. The molecule has 1 aromatic heterocycles. The molecule has 0 fully saturated rings. The molecule has 0 saturated carbocycles. The van der Waals surface area contributed by atoms with E-state index in [1.54, 1.807) is 17.7 Å². The van der Waals surface area contributed by atoms with Gasteiger partial charge in [0.25, 0.3) is 11.5 Å². The van der Waals surface area contributed by atoms with Gasteiger partial charge in [-0.2, -0.15) is 0 Å². The number of hydrazine groups is 1. The van der Waals surface area contributed by atoms with Gasteiger partial charge < -0.3 is 9.30 Å². The van der Waals surface area contributed by atoms with Crippen molar-refractivity contribution in [3.8, 4) is 17.0 Å². The first-order valence-corrected chi connectivity index (χ1v) is 6.93. The fourth-order valence-corrected chi connectivity index (χ4v) is 2.43. The Balaban J connectivity index is 2.61. The van der Waals surface area contributed by atoms with E-state index < -0.39 is 5.91 Å². The highest BCUT2D eigenvalue weighted by atomic mass is 16.5. The summed E-state index contributed by atoms with van der Waals surface area (Å²) in [6, 6.07) is 8.93. The first kappa shape index (κ1) is 15.8. The topological polar surface area (TPSA) is 86.3 Å². The molecule has 3 N–H and O–H groups in total. The molecule has 0 bridgehead atoms. The molecule has 22 heavy (non-hydrogen) atoms. The molecule has 0 saturated heterocycles. The standard InChI is InChI=1S/C16H19N3O3/c1-4-19-13(7-6-12(16(19)21)15(20)18-17)11-5-8-14(22-3)10(2)9-11/h5-9H,4,17H2,1-3H3,(H,18,20). The fraction of sp³-hybridized carbons (Fsp3) is 0.250. The number of nitrogens with one attached hydrogen (secondary N) is 1. The molecule has 2 rings (SSSR count). The van der Waals surface area contributed by atoms with Crippen LogP contribution in [0.5, 0.6) is 5.75 Å². The van der Waals surface area contributed by atoms with Gasteiger partial charge in [0.1, 0.15) is 11.3 Å². The maximum Gasteiger partial charge on any atom is 0.270 e. The second-order valence-electron chi connectivity index (χ2n) is 4.84. The van der Waals surface area contributed by atoms with Gasteiger partial charge in [-0.15, -0.1) is 0 Å². The summed E-state index contributed by atoms with van der Waals surface area (Å²) < 4.78 is 6.79. The lowest BCUT2D eigenvalue weighted by molar-refractivity contribution is 0.0951. The summed E-state index contributed by atoms with van der Waals surface area (Å²) in [6.45, 7) is 4.24. The van der Waals surface area contributed by atoms with Crippen molar-refractivity contribution < 1.29 is 9.53 Å². The van der Waals surface area contributed by atoms with Gasteiger partial charge in [-0.05, 0) is 55.3 Å². The molecule has 0 radical (unpaired) electrons. The molecule has 0 aliphatic rings. The largest absolute Gasteiger partial charge is 0.496 e. The van der Waals surface area contributed by atoms with Crippen molar-refractivity contribution in [3.63, 3.8) is 0 Å². The number of hydrogen-bond acceptors (Lipinski definition) is 4. The number of ether oxygens (including phenoxy) is 1. The Morgan fingerprint density at radius 2 is 2.05 bits per heavy atom. The summed E-state index contributed by atoms with van der Waals surface area (Å²) in [5, 5.41) is 0. The molecule has 0 aliphatic carbocycles. The minimum atomic E-state index is -0.593. The van der Waals surface area contributed by atoms with Gasteiger partial charge in [0.2, 0.25) is 0 Å². The molecule has 0 spiro atoms. The van der Waals surface area contributed by atoms with Crippen LogP contribution in [0.25, 0.3) is 11.3 Å². The lowest BCUT2D eigenvalue weighted by atomic mass is 10.1. The highest BCUT2D eigenvalue weighted by molar-refractivity contribution is 5.93. The van der Waals surface area contributed by atoms with Gasteiger partial charge in [0, 0.05) is 6.54 Å². The number of pyridine rings is 1. The van der Waals surface area contributed by atoms with Crippen LogP contribution < -0.4 is 21.6 Å². The highest BCUT2D eigenvalue weighted by Gasteiger charge is 2.14. The van der Waals surface area contributed by atoms with Crippen molar-refractivity contribution in [1.29, 1.82) is 0 Å². The minimum Gasteiger partial charge on any atom is -0.496 e. The SMILES string of the molecule is CCn1c(-c2ccc(OC)c(C)c2)ccc(C(=O)NN)c1=O. The Labute approximate surface area is 128 Å². The van der Waals surface area contributed by atoms with E-state index in [0.717, 1.165) is 22.6 Å². The number of benzene rings is 1. The fourth-order valence-electron chi connectivity index (χ4n) is 2.43. The van der Waals surface area contributed by atoms with Gasteiger partial charge in [-0.3, -0.25) is 15.0 Å². The maximum absolute atomic E-state index is 12.4. The highest BCUT2D eigenvalue weighted by Crippen LogP contribution is 2.25. The van der Waals surface area contributed by atoms with Crippen LogP contribution in [-0.4, -0.2) is 17.6 Å². The molecule has 6 heteroatoms. The third-order valence-electron chi connectivity index (χ3n) is 3.56. The zero-order valence-electron chi connectivity index (χ0n) is 12.8. The van der Waals surface area contributed by atoms with Crippen LogP contribution in [0.1, 0.15) is 22.8 Å². The van der Waals surface area contributed by atoms with E-state index in [2.05, 4.69) is 0 Å². The quantitative estimate of drug-likeness (QED) is 0.508. The van der Waals surface area contributed by atoms with Crippen molar-refractivity contribution in [3.05, 3.63) is 51.8 Å². The number of carbonyl (C=O) groups is 1. The summed E-state index contributed by atoms with van der Waals surface area (Å²) >= 11 is 0. The number of hydrogen-bond donors (Lipinski definition) is 2. The third-order valence-corrected chi connectivity index (χ3v) is 3.56. The first-order chi connectivity index (χ1) is 10.5. The molecular weight excluding hydrogens is 282 g/mol. The summed E-state index contributed by atoms with van der Waals surface area (Å²) in [5.74, 6) is 5.30. The number of nitrogens with zero attached hydrogens (tertiary/aromatic N) is 1. The zero-order valence-corrected chi connectivity index (χ0v) is 12.8. The second kappa shape index (κ2) is 6.44. The molecule has 0 atom stereocenters. The van der Waals surface area contributed by atoms with Crippen molar-refractivity contribution in [2.75, 3.05) is 7.11 Å². The Morgan fingerprint density at radius 3 is 2.59 bits per heavy atom. The van der Waals surface area contributed by atoms with Gasteiger partial charge >= 0.3 is 0 Å². The van der Waals surface area contributed by atoms with Crippen LogP contribution in [0.4, 0.5) is 0 Å². The molecule has 1 heterocycles. The smallest absolute Gasteiger partial charge is 0.270 e. The average Bonchev–Trinajstić information content (AvgIpc) is 2.53. The van der Waals surface area contributed by atoms with Crippen molar-refractivity contribution in [2.24, 2.45) is 5.84 Å². The van der Waals surface area contributed by atoms with Crippen molar-refractivity contribution in [1.82, 2.24) is 9.99 Å². The lowest BCUT2D eigenvalue weighted by Gasteiger charge is -2.14. The molecule has 116 valence electrons. The van der Waals surface area contributed by atoms with E-state index in [4.69, 9.17) is 10.6 Å². The van der Waals surface area contributed by atoms with E-state index in [0.29, 0.717) is 6.54 Å². The molecule has 1 amide bonds. The number of nitrogen functional groups attached to an aromatic ring is 1. The molecule has 0 aliphatic heterocycles. The number of aryl methyl sites for hydroxylation is 1. The van der Waals surface area contributed by atoms with Crippen LogP contribution in [0.3, 0.4) is 0 Å². The molecule has 0 unspecified atom stereocenters. The van der Waals surface area contributed by atoms with E-state index in [9.17, 15) is 9.59 Å².